The van der Waals surface area contributed by atoms with Crippen LogP contribution in [-0.2, 0) is 4.79 Å². The van der Waals surface area contributed by atoms with Crippen molar-refractivity contribution in [3.05, 3.63) is 25.3 Å². The highest BCUT2D eigenvalue weighted by Gasteiger charge is 2.46. The summed E-state index contributed by atoms with van der Waals surface area (Å²) in [4.78, 5) is 15.7. The summed E-state index contributed by atoms with van der Waals surface area (Å²) in [5.74, 6) is -3.22. The molecule has 0 saturated heterocycles. The van der Waals surface area contributed by atoms with Crippen molar-refractivity contribution < 1.29 is 15.0 Å². The lowest BCUT2D eigenvalue weighted by atomic mass is 10.3. The molecular weight excluding hydrogens is 184 g/mol. The number of aliphatic imine (C=N–C) groups is 1. The highest BCUT2D eigenvalue weighted by atomic mass is 16.5. The van der Waals surface area contributed by atoms with Gasteiger partial charge in [0.05, 0.1) is 0 Å². The standard InChI is InChI=1S/C9H12N2O3/c1-3-5-7-10-8(12)9(13,14)11(7)6-4-2/h3-4,13-14H,1-2,5-6H2. The number of rotatable bonds is 4. The molecule has 0 atom stereocenters. The molecule has 1 aliphatic rings. The fourth-order valence-corrected chi connectivity index (χ4v) is 1.19. The molecule has 0 fully saturated rings. The van der Waals surface area contributed by atoms with Crippen molar-refractivity contribution in [2.24, 2.45) is 4.99 Å². The first kappa shape index (κ1) is 10.6. The maximum atomic E-state index is 11.1. The van der Waals surface area contributed by atoms with Crippen LogP contribution in [0.1, 0.15) is 6.42 Å². The summed E-state index contributed by atoms with van der Waals surface area (Å²) in [6.07, 6.45) is 3.30. The minimum Gasteiger partial charge on any atom is -0.341 e. The normalized spacial score (nSPS) is 19.4. The Balaban J connectivity index is 2.94. The first-order valence-corrected chi connectivity index (χ1v) is 4.10. The van der Waals surface area contributed by atoms with Crippen LogP contribution in [0, 0.1) is 0 Å². The van der Waals surface area contributed by atoms with E-state index in [0.717, 1.165) is 4.90 Å². The predicted molar refractivity (Wildman–Crippen MR) is 51.3 cm³/mol. The van der Waals surface area contributed by atoms with E-state index >= 15 is 0 Å². The summed E-state index contributed by atoms with van der Waals surface area (Å²) in [5.41, 5.74) is 0. The van der Waals surface area contributed by atoms with Crippen LogP contribution in [0.5, 0.6) is 0 Å². The van der Waals surface area contributed by atoms with Crippen molar-refractivity contribution in [2.45, 2.75) is 12.3 Å². The summed E-state index contributed by atoms with van der Waals surface area (Å²) >= 11 is 0. The van der Waals surface area contributed by atoms with Crippen molar-refractivity contribution in [3.8, 4) is 0 Å². The smallest absolute Gasteiger partial charge is 0.334 e. The molecule has 14 heavy (non-hydrogen) atoms. The quantitative estimate of drug-likeness (QED) is 0.475. The molecule has 5 heteroatoms. The number of hydrogen-bond acceptors (Lipinski definition) is 4. The third kappa shape index (κ3) is 1.59. The van der Waals surface area contributed by atoms with E-state index in [2.05, 4.69) is 18.2 Å². The molecule has 0 saturated carbocycles. The molecule has 2 N–H and O–H groups in total. The lowest BCUT2D eigenvalue weighted by Gasteiger charge is -2.27. The maximum Gasteiger partial charge on any atom is 0.334 e. The number of aliphatic hydroxyl groups is 2. The molecule has 0 aliphatic carbocycles. The Bertz CT molecular complexity index is 307. The predicted octanol–water partition coefficient (Wildman–Crippen LogP) is -0.372. The van der Waals surface area contributed by atoms with Gasteiger partial charge in [0.25, 0.3) is 0 Å². The Labute approximate surface area is 81.7 Å². The van der Waals surface area contributed by atoms with Gasteiger partial charge in [-0.2, -0.15) is 4.99 Å². The molecule has 1 heterocycles. The Hall–Kier alpha value is -1.46. The van der Waals surface area contributed by atoms with Gasteiger partial charge in [-0.1, -0.05) is 12.2 Å². The van der Waals surface area contributed by atoms with Gasteiger partial charge >= 0.3 is 11.8 Å². The number of amidine groups is 1. The molecule has 0 aromatic rings. The van der Waals surface area contributed by atoms with Crippen molar-refractivity contribution in [2.75, 3.05) is 6.54 Å². The molecule has 5 nitrogen and oxygen atoms in total. The first-order chi connectivity index (χ1) is 6.54. The number of carbonyl (C=O) groups is 1. The molecule has 1 aliphatic heterocycles. The monoisotopic (exact) mass is 196 g/mol. The van der Waals surface area contributed by atoms with Gasteiger partial charge in [0, 0.05) is 13.0 Å². The minimum atomic E-state index is -2.54. The summed E-state index contributed by atoms with van der Waals surface area (Å²) in [6.45, 7) is 7.08. The molecule has 76 valence electrons. The molecule has 1 rings (SSSR count). The maximum absolute atomic E-state index is 11.1. The number of amides is 1. The van der Waals surface area contributed by atoms with Crippen LogP contribution in [0.3, 0.4) is 0 Å². The molecule has 0 aromatic carbocycles. The lowest BCUT2D eigenvalue weighted by Crippen LogP contribution is -2.51. The first-order valence-electron chi connectivity index (χ1n) is 4.10. The van der Waals surface area contributed by atoms with Crippen molar-refractivity contribution in [1.82, 2.24) is 4.90 Å². The van der Waals surface area contributed by atoms with Gasteiger partial charge in [0.2, 0.25) is 0 Å². The molecule has 0 radical (unpaired) electrons. The van der Waals surface area contributed by atoms with Crippen molar-refractivity contribution >= 4 is 11.7 Å². The minimum absolute atomic E-state index is 0.144. The fourth-order valence-electron chi connectivity index (χ4n) is 1.19. The van der Waals surface area contributed by atoms with Gasteiger partial charge in [0.15, 0.2) is 0 Å². The van der Waals surface area contributed by atoms with Crippen LogP contribution < -0.4 is 0 Å². The number of hydrogen-bond donors (Lipinski definition) is 2. The highest BCUT2D eigenvalue weighted by molar-refractivity contribution is 6.04. The van der Waals surface area contributed by atoms with Gasteiger partial charge in [-0.25, -0.2) is 0 Å². The molecule has 0 unspecified atom stereocenters. The average Bonchev–Trinajstić information content (AvgIpc) is 2.31. The SMILES string of the molecule is C=CCC1=NC(=O)C(O)(O)N1CC=C. The zero-order valence-corrected chi connectivity index (χ0v) is 7.68. The van der Waals surface area contributed by atoms with Crippen LogP contribution in [0.15, 0.2) is 30.3 Å². The number of nitrogens with zero attached hydrogens (tertiary/aromatic N) is 2. The Kier molecular flexibility index (Phi) is 2.83. The van der Waals surface area contributed by atoms with E-state index in [4.69, 9.17) is 0 Å². The molecule has 0 bridgehead atoms. The van der Waals surface area contributed by atoms with E-state index in [0.29, 0.717) is 6.42 Å². The Morgan fingerprint density at radius 1 is 1.43 bits per heavy atom. The van der Waals surface area contributed by atoms with E-state index in [1.165, 1.54) is 12.2 Å². The molecule has 1 amide bonds. The second-order valence-electron chi connectivity index (χ2n) is 2.86. The van der Waals surface area contributed by atoms with E-state index in [9.17, 15) is 15.0 Å². The lowest BCUT2D eigenvalue weighted by molar-refractivity contribution is -0.221. The van der Waals surface area contributed by atoms with E-state index in [-0.39, 0.29) is 12.4 Å². The zero-order chi connectivity index (χ0) is 10.8. The third-order valence-electron chi connectivity index (χ3n) is 1.84. The largest absolute Gasteiger partial charge is 0.341 e. The topological polar surface area (TPSA) is 73.1 Å². The summed E-state index contributed by atoms with van der Waals surface area (Å²) in [5, 5.41) is 18.8. The van der Waals surface area contributed by atoms with E-state index in [1.54, 1.807) is 0 Å². The molecular formula is C9H12N2O3. The van der Waals surface area contributed by atoms with Gasteiger partial charge in [-0.15, -0.1) is 13.2 Å². The van der Waals surface area contributed by atoms with Crippen LogP contribution >= 0.6 is 0 Å². The average molecular weight is 196 g/mol. The van der Waals surface area contributed by atoms with Crippen LogP contribution in [0.2, 0.25) is 0 Å². The summed E-state index contributed by atoms with van der Waals surface area (Å²) in [7, 11) is 0. The molecule has 0 spiro atoms. The van der Waals surface area contributed by atoms with Crippen molar-refractivity contribution in [3.63, 3.8) is 0 Å². The van der Waals surface area contributed by atoms with Gasteiger partial charge < -0.3 is 10.2 Å². The van der Waals surface area contributed by atoms with Gasteiger partial charge in [-0.05, 0) is 0 Å². The zero-order valence-electron chi connectivity index (χ0n) is 7.68. The van der Waals surface area contributed by atoms with Crippen LogP contribution in [-0.4, -0.2) is 39.3 Å². The summed E-state index contributed by atoms with van der Waals surface area (Å²) in [6, 6.07) is 0. The van der Waals surface area contributed by atoms with Gasteiger partial charge in [0.1, 0.15) is 5.84 Å². The highest BCUT2D eigenvalue weighted by Crippen LogP contribution is 2.20. The summed E-state index contributed by atoms with van der Waals surface area (Å²) < 4.78 is 0. The Morgan fingerprint density at radius 3 is 2.57 bits per heavy atom. The van der Waals surface area contributed by atoms with Crippen molar-refractivity contribution in [1.29, 1.82) is 0 Å². The molecule has 0 aromatic heterocycles. The van der Waals surface area contributed by atoms with Crippen LogP contribution in [0.4, 0.5) is 0 Å². The Morgan fingerprint density at radius 2 is 2.07 bits per heavy atom. The van der Waals surface area contributed by atoms with Gasteiger partial charge in [-0.3, -0.25) is 9.69 Å². The van der Waals surface area contributed by atoms with E-state index in [1.807, 2.05) is 0 Å². The van der Waals surface area contributed by atoms with Crippen LogP contribution in [0.25, 0.3) is 0 Å². The third-order valence-corrected chi connectivity index (χ3v) is 1.84. The van der Waals surface area contributed by atoms with E-state index < -0.39 is 11.8 Å². The number of carbonyl (C=O) groups excluding carboxylic acids is 1. The second kappa shape index (κ2) is 3.73. The second-order valence-corrected chi connectivity index (χ2v) is 2.86. The fraction of sp³-hybridized carbons (Fsp3) is 0.333.